The lowest BCUT2D eigenvalue weighted by molar-refractivity contribution is 0.355. The first kappa shape index (κ1) is 31.0. The SMILES string of the molecule is C=C(C)C(C)c1cccc(C)c1.C=CO.COc1cc2nccc(Oc3cc(C)c(C)cc3C)c2cc1OC. The number of benzene rings is 3. The quantitative estimate of drug-likeness (QED) is 0.200. The Morgan fingerprint density at radius 3 is 2.05 bits per heavy atom. The highest BCUT2D eigenvalue weighted by Crippen LogP contribution is 2.37. The highest BCUT2D eigenvalue weighted by Gasteiger charge is 2.12. The van der Waals surface area contributed by atoms with E-state index in [1.54, 1.807) is 20.4 Å². The molecule has 5 heteroatoms. The number of hydrogen-bond donors (Lipinski definition) is 1. The monoisotopic (exact) mass is 527 g/mol. The summed E-state index contributed by atoms with van der Waals surface area (Å²) in [5.74, 6) is 3.37. The highest BCUT2D eigenvalue weighted by atomic mass is 16.5. The van der Waals surface area contributed by atoms with E-state index >= 15 is 0 Å². The van der Waals surface area contributed by atoms with Crippen LogP contribution in [0, 0.1) is 27.7 Å². The van der Waals surface area contributed by atoms with Crippen LogP contribution in [-0.2, 0) is 0 Å². The first-order chi connectivity index (χ1) is 18.6. The maximum atomic E-state index is 7.33. The first-order valence-electron chi connectivity index (χ1n) is 12.8. The van der Waals surface area contributed by atoms with Crippen molar-refractivity contribution < 1.29 is 19.3 Å². The van der Waals surface area contributed by atoms with Gasteiger partial charge in [-0.1, -0.05) is 61.5 Å². The standard InChI is InChI=1S/C20H21NO3.C12H16.C2H4O/c1-12-8-14(3)18(9-13(12)2)24-17-6-7-21-16-11-20(23-5)19(22-4)10-15(16)17;1-9(2)11(4)12-7-5-6-10(3)8-12;1-2-3/h6-11H,1-5H3;5-8,11H,1H2,2-4H3;2-3H,1H2. The van der Waals surface area contributed by atoms with Gasteiger partial charge in [0.1, 0.15) is 11.5 Å². The fourth-order valence-corrected chi connectivity index (χ4v) is 3.92. The van der Waals surface area contributed by atoms with Gasteiger partial charge in [0, 0.05) is 23.6 Å². The lowest BCUT2D eigenvalue weighted by atomic mass is 9.94. The lowest BCUT2D eigenvalue weighted by Crippen LogP contribution is -1.95. The molecule has 1 unspecified atom stereocenters. The van der Waals surface area contributed by atoms with Crippen LogP contribution in [0.15, 0.2) is 85.8 Å². The molecule has 1 heterocycles. The molecule has 0 saturated heterocycles. The number of rotatable bonds is 6. The molecule has 0 aliphatic carbocycles. The molecule has 0 fully saturated rings. The molecule has 0 amide bonds. The average molecular weight is 528 g/mol. The molecular formula is C34H41NO4. The van der Waals surface area contributed by atoms with Crippen LogP contribution >= 0.6 is 0 Å². The number of pyridine rings is 1. The van der Waals surface area contributed by atoms with Crippen molar-refractivity contribution in [3.63, 3.8) is 0 Å². The van der Waals surface area contributed by atoms with E-state index in [0.29, 0.717) is 17.4 Å². The summed E-state index contributed by atoms with van der Waals surface area (Å²) in [7, 11) is 3.23. The molecule has 1 aromatic heterocycles. The number of allylic oxidation sites excluding steroid dienone is 1. The molecule has 1 atom stereocenters. The smallest absolute Gasteiger partial charge is 0.162 e. The van der Waals surface area contributed by atoms with Crippen molar-refractivity contribution in [3.05, 3.63) is 114 Å². The molecule has 4 rings (SSSR count). The lowest BCUT2D eigenvalue weighted by Gasteiger charge is -2.14. The Bertz CT molecular complexity index is 1420. The van der Waals surface area contributed by atoms with Gasteiger partial charge in [0.2, 0.25) is 0 Å². The van der Waals surface area contributed by atoms with Crippen LogP contribution in [0.4, 0.5) is 0 Å². The van der Waals surface area contributed by atoms with Gasteiger partial charge in [0.25, 0.3) is 0 Å². The zero-order valence-electron chi connectivity index (χ0n) is 24.5. The fraction of sp³-hybridized carbons (Fsp3) is 0.265. The Hall–Kier alpha value is -4.25. The summed E-state index contributed by atoms with van der Waals surface area (Å²) in [6.45, 7) is 19.5. The van der Waals surface area contributed by atoms with Crippen molar-refractivity contribution in [2.24, 2.45) is 0 Å². The second-order valence-electron chi connectivity index (χ2n) is 9.50. The second-order valence-corrected chi connectivity index (χ2v) is 9.50. The number of nitrogens with zero attached hydrogens (tertiary/aromatic N) is 1. The summed E-state index contributed by atoms with van der Waals surface area (Å²) < 4.78 is 16.9. The molecule has 0 saturated carbocycles. The van der Waals surface area contributed by atoms with Gasteiger partial charge in [-0.2, -0.15) is 0 Å². The van der Waals surface area contributed by atoms with Gasteiger partial charge in [-0.15, -0.1) is 0 Å². The van der Waals surface area contributed by atoms with Crippen molar-refractivity contribution in [1.82, 2.24) is 4.98 Å². The van der Waals surface area contributed by atoms with E-state index in [2.05, 4.69) is 96.1 Å². The topological polar surface area (TPSA) is 60.8 Å². The summed E-state index contributed by atoms with van der Waals surface area (Å²) in [5.41, 5.74) is 8.26. The summed E-state index contributed by atoms with van der Waals surface area (Å²) in [5, 5.41) is 8.22. The normalized spacial score (nSPS) is 10.8. The Labute approximate surface area is 233 Å². The molecule has 39 heavy (non-hydrogen) atoms. The molecule has 3 aromatic carbocycles. The number of aryl methyl sites for hydroxylation is 4. The number of methoxy groups -OCH3 is 2. The van der Waals surface area contributed by atoms with Crippen LogP contribution < -0.4 is 14.2 Å². The van der Waals surface area contributed by atoms with Crippen LogP contribution in [0.25, 0.3) is 10.9 Å². The Morgan fingerprint density at radius 1 is 0.846 bits per heavy atom. The van der Waals surface area contributed by atoms with Gasteiger partial charge in [-0.05, 0) is 75.1 Å². The summed E-state index contributed by atoms with van der Waals surface area (Å²) >= 11 is 0. The zero-order valence-corrected chi connectivity index (χ0v) is 24.5. The zero-order chi connectivity index (χ0) is 29.1. The molecule has 0 aliphatic heterocycles. The van der Waals surface area contributed by atoms with E-state index in [1.807, 2.05) is 18.2 Å². The maximum Gasteiger partial charge on any atom is 0.162 e. The molecule has 1 N–H and O–H groups in total. The summed E-state index contributed by atoms with van der Waals surface area (Å²) in [6, 6.07) is 18.4. The third kappa shape index (κ3) is 8.37. The fourth-order valence-electron chi connectivity index (χ4n) is 3.92. The number of aliphatic hydroxyl groups excluding tert-OH is 1. The summed E-state index contributed by atoms with van der Waals surface area (Å²) in [4.78, 5) is 4.41. The number of hydrogen-bond acceptors (Lipinski definition) is 5. The number of ether oxygens (including phenoxy) is 3. The minimum Gasteiger partial charge on any atom is -0.516 e. The third-order valence-corrected chi connectivity index (χ3v) is 6.50. The molecule has 4 aromatic rings. The van der Waals surface area contributed by atoms with E-state index in [4.69, 9.17) is 19.3 Å². The van der Waals surface area contributed by atoms with Crippen LogP contribution in [0.2, 0.25) is 0 Å². The minimum absolute atomic E-state index is 0.477. The number of aliphatic hydroxyl groups is 1. The molecule has 0 spiro atoms. The maximum absolute atomic E-state index is 7.33. The molecule has 5 nitrogen and oxygen atoms in total. The second kappa shape index (κ2) is 14.6. The largest absolute Gasteiger partial charge is 0.516 e. The van der Waals surface area contributed by atoms with Gasteiger partial charge in [-0.25, -0.2) is 0 Å². The molecule has 0 bridgehead atoms. The first-order valence-corrected chi connectivity index (χ1v) is 12.8. The Kier molecular flexibility index (Phi) is 11.6. The molecule has 0 aliphatic rings. The van der Waals surface area contributed by atoms with Gasteiger partial charge in [0.15, 0.2) is 11.5 Å². The van der Waals surface area contributed by atoms with Crippen LogP contribution in [0.1, 0.15) is 47.6 Å². The molecule has 0 radical (unpaired) electrons. The van der Waals surface area contributed by atoms with Crippen molar-refractivity contribution in [2.75, 3.05) is 14.2 Å². The van der Waals surface area contributed by atoms with Crippen molar-refractivity contribution in [2.45, 2.75) is 47.5 Å². The van der Waals surface area contributed by atoms with Crippen LogP contribution in [-0.4, -0.2) is 24.3 Å². The van der Waals surface area contributed by atoms with Crippen LogP contribution in [0.5, 0.6) is 23.0 Å². The van der Waals surface area contributed by atoms with Gasteiger partial charge in [-0.3, -0.25) is 4.98 Å². The van der Waals surface area contributed by atoms with E-state index in [1.165, 1.54) is 27.8 Å². The van der Waals surface area contributed by atoms with E-state index in [9.17, 15) is 0 Å². The highest BCUT2D eigenvalue weighted by molar-refractivity contribution is 5.88. The van der Waals surface area contributed by atoms with Crippen LogP contribution in [0.3, 0.4) is 0 Å². The van der Waals surface area contributed by atoms with E-state index < -0.39 is 0 Å². The van der Waals surface area contributed by atoms with E-state index in [0.717, 1.165) is 34.2 Å². The third-order valence-electron chi connectivity index (χ3n) is 6.50. The van der Waals surface area contributed by atoms with Gasteiger partial charge in [0.05, 0.1) is 26.0 Å². The van der Waals surface area contributed by atoms with Gasteiger partial charge < -0.3 is 19.3 Å². The number of fused-ring (bicyclic) bond motifs is 1. The predicted molar refractivity (Wildman–Crippen MR) is 163 cm³/mol. The van der Waals surface area contributed by atoms with Crippen molar-refractivity contribution in [3.8, 4) is 23.0 Å². The molecular weight excluding hydrogens is 486 g/mol. The summed E-state index contributed by atoms with van der Waals surface area (Å²) in [6.07, 6.45) is 2.49. The van der Waals surface area contributed by atoms with Gasteiger partial charge >= 0.3 is 0 Å². The van der Waals surface area contributed by atoms with Crippen molar-refractivity contribution in [1.29, 1.82) is 0 Å². The average Bonchev–Trinajstić information content (AvgIpc) is 2.91. The van der Waals surface area contributed by atoms with Crippen molar-refractivity contribution >= 4 is 10.9 Å². The Balaban J connectivity index is 0.000000298. The predicted octanol–water partition coefficient (Wildman–Crippen LogP) is 9.33. The minimum atomic E-state index is 0.477. The Morgan fingerprint density at radius 2 is 1.46 bits per heavy atom. The number of aromatic nitrogens is 1. The molecule has 206 valence electrons. The van der Waals surface area contributed by atoms with E-state index in [-0.39, 0.29) is 0 Å².